The van der Waals surface area contributed by atoms with Gasteiger partial charge in [0.15, 0.2) is 0 Å². The molecule has 1 aliphatic carbocycles. The molecule has 1 amide bonds. The molecule has 3 N–H and O–H groups in total. The molecule has 0 aliphatic heterocycles. The van der Waals surface area contributed by atoms with Gasteiger partial charge in [0.1, 0.15) is 0 Å². The zero-order valence-corrected chi connectivity index (χ0v) is 7.34. The molecule has 0 radical (unpaired) electrons. The lowest BCUT2D eigenvalue weighted by atomic mass is 9.86. The summed E-state index contributed by atoms with van der Waals surface area (Å²) >= 11 is 0. The molecule has 2 unspecified atom stereocenters. The first-order valence-corrected chi connectivity index (χ1v) is 4.40. The van der Waals surface area contributed by atoms with Crippen molar-refractivity contribution in [1.29, 1.82) is 0 Å². The third-order valence-electron chi connectivity index (χ3n) is 2.31. The molecule has 2 atom stereocenters. The molecular formula is C8H16N2O2. The van der Waals surface area contributed by atoms with Crippen LogP contribution in [0, 0.1) is 5.92 Å². The van der Waals surface area contributed by atoms with Gasteiger partial charge in [0.05, 0.1) is 12.0 Å². The second-order valence-electron chi connectivity index (χ2n) is 3.20. The summed E-state index contributed by atoms with van der Waals surface area (Å²) in [7, 11) is 1.65. The van der Waals surface area contributed by atoms with Gasteiger partial charge in [0.25, 0.3) is 0 Å². The van der Waals surface area contributed by atoms with Gasteiger partial charge in [-0.05, 0) is 12.8 Å². The second kappa shape index (κ2) is 4.42. The van der Waals surface area contributed by atoms with Crippen LogP contribution in [0.2, 0.25) is 0 Å². The smallest absolute Gasteiger partial charge is 0.239 e. The number of rotatable bonds is 2. The van der Waals surface area contributed by atoms with Crippen molar-refractivity contribution >= 4 is 5.91 Å². The summed E-state index contributed by atoms with van der Waals surface area (Å²) in [5.41, 5.74) is 5.07. The van der Waals surface area contributed by atoms with Gasteiger partial charge in [0.2, 0.25) is 5.91 Å². The molecule has 12 heavy (non-hydrogen) atoms. The largest absolute Gasteiger partial charge is 0.392 e. The van der Waals surface area contributed by atoms with E-state index in [-0.39, 0.29) is 11.8 Å². The molecule has 1 saturated carbocycles. The van der Waals surface area contributed by atoms with Crippen LogP contribution in [0.1, 0.15) is 25.7 Å². The fourth-order valence-corrected chi connectivity index (χ4v) is 1.63. The van der Waals surface area contributed by atoms with Crippen LogP contribution in [0.5, 0.6) is 0 Å². The van der Waals surface area contributed by atoms with E-state index in [4.69, 9.17) is 0 Å². The highest BCUT2D eigenvalue weighted by Gasteiger charge is 2.28. The Bertz CT molecular complexity index is 161. The Morgan fingerprint density at radius 1 is 1.42 bits per heavy atom. The van der Waals surface area contributed by atoms with Crippen LogP contribution in [-0.2, 0) is 4.79 Å². The topological polar surface area (TPSA) is 61.4 Å². The Morgan fingerprint density at radius 3 is 2.67 bits per heavy atom. The Morgan fingerprint density at radius 2 is 2.08 bits per heavy atom. The number of nitrogens with one attached hydrogen (secondary N) is 2. The molecule has 70 valence electrons. The van der Waals surface area contributed by atoms with E-state index in [1.54, 1.807) is 7.05 Å². The number of hydrogen-bond acceptors (Lipinski definition) is 3. The summed E-state index contributed by atoms with van der Waals surface area (Å²) in [5, 5.41) is 9.48. The summed E-state index contributed by atoms with van der Waals surface area (Å²) < 4.78 is 0. The first-order valence-electron chi connectivity index (χ1n) is 4.40. The molecule has 0 saturated heterocycles. The fourth-order valence-electron chi connectivity index (χ4n) is 1.63. The lowest BCUT2D eigenvalue weighted by Crippen LogP contribution is -2.44. The van der Waals surface area contributed by atoms with Gasteiger partial charge in [-0.2, -0.15) is 0 Å². The molecule has 0 aromatic heterocycles. The summed E-state index contributed by atoms with van der Waals surface area (Å²) in [4.78, 5) is 11.3. The quantitative estimate of drug-likeness (QED) is 0.505. The molecule has 1 fully saturated rings. The molecule has 4 nitrogen and oxygen atoms in total. The lowest BCUT2D eigenvalue weighted by Gasteiger charge is -2.26. The van der Waals surface area contributed by atoms with Crippen LogP contribution in [0.15, 0.2) is 0 Å². The van der Waals surface area contributed by atoms with E-state index >= 15 is 0 Å². The van der Waals surface area contributed by atoms with Gasteiger partial charge in [-0.1, -0.05) is 12.8 Å². The Kier molecular flexibility index (Phi) is 3.49. The molecular weight excluding hydrogens is 156 g/mol. The summed E-state index contributed by atoms with van der Waals surface area (Å²) in [6, 6.07) is 0. The number of aliphatic hydroxyl groups is 1. The van der Waals surface area contributed by atoms with E-state index in [0.717, 1.165) is 25.7 Å². The van der Waals surface area contributed by atoms with E-state index < -0.39 is 6.10 Å². The third-order valence-corrected chi connectivity index (χ3v) is 2.31. The summed E-state index contributed by atoms with van der Waals surface area (Å²) in [5.74, 6) is -0.309. The van der Waals surface area contributed by atoms with Crippen molar-refractivity contribution in [2.75, 3.05) is 7.05 Å². The van der Waals surface area contributed by atoms with Gasteiger partial charge in [-0.3, -0.25) is 10.2 Å². The van der Waals surface area contributed by atoms with Gasteiger partial charge >= 0.3 is 0 Å². The number of carbonyl (C=O) groups excluding carboxylic acids is 1. The molecule has 0 spiro atoms. The minimum atomic E-state index is -0.452. The van der Waals surface area contributed by atoms with Crippen molar-refractivity contribution in [3.05, 3.63) is 0 Å². The standard InChI is InChI=1S/C8H16N2O2/c1-9-10-8(12)6-4-2-3-5-7(6)11/h6-7,9,11H,2-5H2,1H3,(H,10,12). The highest BCUT2D eigenvalue weighted by molar-refractivity contribution is 5.78. The van der Waals surface area contributed by atoms with Crippen LogP contribution in [0.25, 0.3) is 0 Å². The third kappa shape index (κ3) is 2.19. The lowest BCUT2D eigenvalue weighted by molar-refractivity contribution is -0.130. The van der Waals surface area contributed by atoms with E-state index in [0.29, 0.717) is 0 Å². The normalized spacial score (nSPS) is 29.8. The Labute approximate surface area is 72.3 Å². The number of amides is 1. The minimum absolute atomic E-state index is 0.0929. The van der Waals surface area contributed by atoms with Crippen molar-refractivity contribution < 1.29 is 9.90 Å². The summed E-state index contributed by atoms with van der Waals surface area (Å²) in [6.45, 7) is 0. The van der Waals surface area contributed by atoms with Crippen LogP contribution >= 0.6 is 0 Å². The zero-order valence-electron chi connectivity index (χ0n) is 7.34. The van der Waals surface area contributed by atoms with Crippen molar-refractivity contribution in [3.63, 3.8) is 0 Å². The van der Waals surface area contributed by atoms with E-state index in [2.05, 4.69) is 10.9 Å². The van der Waals surface area contributed by atoms with Gasteiger partial charge in [0, 0.05) is 7.05 Å². The number of carbonyl (C=O) groups is 1. The van der Waals surface area contributed by atoms with Crippen LogP contribution in [0.4, 0.5) is 0 Å². The highest BCUT2D eigenvalue weighted by Crippen LogP contribution is 2.23. The molecule has 1 rings (SSSR count). The summed E-state index contributed by atoms with van der Waals surface area (Å²) in [6.07, 6.45) is 3.17. The number of aliphatic hydroxyl groups excluding tert-OH is 1. The van der Waals surface area contributed by atoms with E-state index in [9.17, 15) is 9.90 Å². The first-order chi connectivity index (χ1) is 5.75. The minimum Gasteiger partial charge on any atom is -0.392 e. The van der Waals surface area contributed by atoms with Gasteiger partial charge in [-0.15, -0.1) is 0 Å². The predicted octanol–water partition coefficient (Wildman–Crippen LogP) is -0.212. The Balaban J connectivity index is 2.42. The number of hydrazine groups is 1. The van der Waals surface area contributed by atoms with Crippen LogP contribution in [-0.4, -0.2) is 24.2 Å². The van der Waals surface area contributed by atoms with Crippen molar-refractivity contribution in [1.82, 2.24) is 10.9 Å². The average Bonchev–Trinajstić information content (AvgIpc) is 2.05. The second-order valence-corrected chi connectivity index (χ2v) is 3.20. The predicted molar refractivity (Wildman–Crippen MR) is 45.2 cm³/mol. The van der Waals surface area contributed by atoms with Crippen molar-refractivity contribution in [2.45, 2.75) is 31.8 Å². The monoisotopic (exact) mass is 172 g/mol. The van der Waals surface area contributed by atoms with Crippen LogP contribution in [0.3, 0.4) is 0 Å². The SMILES string of the molecule is CNNC(=O)C1CCCCC1O. The molecule has 4 heteroatoms. The molecule has 1 aliphatic rings. The fraction of sp³-hybridized carbons (Fsp3) is 0.875. The van der Waals surface area contributed by atoms with E-state index in [1.165, 1.54) is 0 Å². The molecule has 0 aromatic rings. The Hall–Kier alpha value is -0.610. The highest BCUT2D eigenvalue weighted by atomic mass is 16.3. The molecule has 0 aromatic carbocycles. The maximum Gasteiger partial charge on any atom is 0.239 e. The average molecular weight is 172 g/mol. The maximum atomic E-state index is 11.3. The maximum absolute atomic E-state index is 11.3. The van der Waals surface area contributed by atoms with Gasteiger partial charge < -0.3 is 5.11 Å². The zero-order chi connectivity index (χ0) is 8.97. The molecule has 0 heterocycles. The number of hydrogen-bond donors (Lipinski definition) is 3. The van der Waals surface area contributed by atoms with Crippen molar-refractivity contribution in [2.24, 2.45) is 5.92 Å². The molecule has 0 bridgehead atoms. The van der Waals surface area contributed by atoms with E-state index in [1.807, 2.05) is 0 Å². The van der Waals surface area contributed by atoms with Gasteiger partial charge in [-0.25, -0.2) is 5.43 Å². The first kappa shape index (κ1) is 9.48. The van der Waals surface area contributed by atoms with Crippen molar-refractivity contribution in [3.8, 4) is 0 Å². The van der Waals surface area contributed by atoms with Crippen LogP contribution < -0.4 is 10.9 Å².